The average Bonchev–Trinajstić information content (AvgIpc) is 2.45. The molecular formula is C15H27BrN4O. The smallest absolute Gasteiger partial charge is 0.283 e. The van der Waals surface area contributed by atoms with Crippen LogP contribution in [0.4, 0.5) is 5.69 Å². The van der Waals surface area contributed by atoms with Crippen molar-refractivity contribution in [3.8, 4) is 0 Å². The van der Waals surface area contributed by atoms with Crippen LogP contribution in [0.3, 0.4) is 0 Å². The number of anilines is 1. The second-order valence-corrected chi connectivity index (χ2v) is 6.40. The van der Waals surface area contributed by atoms with Gasteiger partial charge in [-0.15, -0.1) is 0 Å². The molecule has 0 saturated carbocycles. The lowest BCUT2D eigenvalue weighted by Gasteiger charge is -2.20. The minimum absolute atomic E-state index is 0.0682. The molecule has 0 aliphatic carbocycles. The molecule has 0 radical (unpaired) electrons. The Bertz CT molecular complexity index is 487. The first-order chi connectivity index (χ1) is 9.97. The van der Waals surface area contributed by atoms with Crippen LogP contribution in [0.2, 0.25) is 0 Å². The number of aryl methyl sites for hydroxylation is 1. The normalized spacial score (nSPS) is 11.4. The van der Waals surface area contributed by atoms with Gasteiger partial charge in [-0.3, -0.25) is 4.79 Å². The van der Waals surface area contributed by atoms with E-state index in [1.807, 2.05) is 6.92 Å². The van der Waals surface area contributed by atoms with E-state index in [1.165, 1.54) is 4.68 Å². The van der Waals surface area contributed by atoms with E-state index in [-0.39, 0.29) is 5.56 Å². The molecule has 1 aromatic heterocycles. The van der Waals surface area contributed by atoms with Crippen molar-refractivity contribution in [2.45, 2.75) is 52.6 Å². The Balaban J connectivity index is 2.43. The van der Waals surface area contributed by atoms with Crippen LogP contribution < -0.4 is 10.9 Å². The van der Waals surface area contributed by atoms with Crippen molar-refractivity contribution in [3.05, 3.63) is 21.0 Å². The predicted octanol–water partition coefficient (Wildman–Crippen LogP) is 2.95. The van der Waals surface area contributed by atoms with Crippen molar-refractivity contribution < 1.29 is 0 Å². The first-order valence-corrected chi connectivity index (χ1v) is 8.46. The molecule has 5 nitrogen and oxygen atoms in total. The van der Waals surface area contributed by atoms with E-state index < -0.39 is 0 Å². The first-order valence-electron chi connectivity index (χ1n) is 7.67. The number of hydrogen-bond acceptors (Lipinski definition) is 4. The number of aromatic nitrogens is 2. The summed E-state index contributed by atoms with van der Waals surface area (Å²) < 4.78 is 2.07. The van der Waals surface area contributed by atoms with Crippen LogP contribution in [0, 0.1) is 0 Å². The lowest BCUT2D eigenvalue weighted by atomic mass is 10.2. The van der Waals surface area contributed by atoms with Crippen molar-refractivity contribution in [1.29, 1.82) is 0 Å². The maximum Gasteiger partial charge on any atom is 0.283 e. The van der Waals surface area contributed by atoms with Gasteiger partial charge in [0.1, 0.15) is 4.47 Å². The van der Waals surface area contributed by atoms with E-state index in [0.29, 0.717) is 17.1 Å². The molecule has 6 heteroatoms. The highest BCUT2D eigenvalue weighted by Crippen LogP contribution is 2.16. The summed E-state index contributed by atoms with van der Waals surface area (Å²) in [6.07, 6.45) is 4.83. The summed E-state index contributed by atoms with van der Waals surface area (Å²) in [7, 11) is 2.14. The van der Waals surface area contributed by atoms with Crippen molar-refractivity contribution in [2.75, 3.05) is 25.5 Å². The van der Waals surface area contributed by atoms with Crippen LogP contribution in [-0.2, 0) is 6.54 Å². The average molecular weight is 359 g/mol. The lowest BCUT2D eigenvalue weighted by molar-refractivity contribution is 0.269. The molecule has 0 spiro atoms. The van der Waals surface area contributed by atoms with Gasteiger partial charge in [-0.25, -0.2) is 4.68 Å². The van der Waals surface area contributed by atoms with Gasteiger partial charge in [0.25, 0.3) is 5.56 Å². The molecular weight excluding hydrogens is 332 g/mol. The summed E-state index contributed by atoms with van der Waals surface area (Å²) in [5.41, 5.74) is 0.714. The van der Waals surface area contributed by atoms with E-state index in [4.69, 9.17) is 0 Å². The lowest BCUT2D eigenvalue weighted by Crippen LogP contribution is -2.27. The Labute approximate surface area is 135 Å². The zero-order valence-corrected chi connectivity index (χ0v) is 15.1. The molecule has 0 amide bonds. The van der Waals surface area contributed by atoms with Crippen LogP contribution in [0.25, 0.3) is 0 Å². The molecule has 0 aliphatic rings. The summed E-state index contributed by atoms with van der Waals surface area (Å²) in [6.45, 7) is 9.03. The number of halogens is 1. The predicted molar refractivity (Wildman–Crippen MR) is 92.0 cm³/mol. The number of unbranched alkanes of at least 4 members (excludes halogenated alkanes) is 1. The van der Waals surface area contributed by atoms with Crippen molar-refractivity contribution in [3.63, 3.8) is 0 Å². The largest absolute Gasteiger partial charge is 0.383 e. The van der Waals surface area contributed by atoms with Crippen molar-refractivity contribution in [2.24, 2.45) is 0 Å². The zero-order chi connectivity index (χ0) is 15.8. The first kappa shape index (κ1) is 18.2. The van der Waals surface area contributed by atoms with Crippen LogP contribution in [0.15, 0.2) is 15.5 Å². The van der Waals surface area contributed by atoms with Gasteiger partial charge in [0.2, 0.25) is 0 Å². The maximum absolute atomic E-state index is 12.0. The van der Waals surface area contributed by atoms with Gasteiger partial charge in [-0.2, -0.15) is 5.10 Å². The third-order valence-electron chi connectivity index (χ3n) is 3.55. The zero-order valence-electron chi connectivity index (χ0n) is 13.5. The second-order valence-electron chi connectivity index (χ2n) is 5.61. The molecule has 0 aliphatic heterocycles. The fourth-order valence-corrected chi connectivity index (χ4v) is 2.37. The van der Waals surface area contributed by atoms with Gasteiger partial charge in [0.15, 0.2) is 0 Å². The molecule has 0 unspecified atom stereocenters. The minimum atomic E-state index is -0.0682. The summed E-state index contributed by atoms with van der Waals surface area (Å²) >= 11 is 3.37. The molecule has 120 valence electrons. The third kappa shape index (κ3) is 5.79. The van der Waals surface area contributed by atoms with Gasteiger partial charge in [0.05, 0.1) is 11.9 Å². The van der Waals surface area contributed by atoms with Crippen LogP contribution >= 0.6 is 15.9 Å². The molecule has 1 heterocycles. The van der Waals surface area contributed by atoms with Crippen molar-refractivity contribution >= 4 is 21.6 Å². The van der Waals surface area contributed by atoms with Gasteiger partial charge >= 0.3 is 0 Å². The monoisotopic (exact) mass is 358 g/mol. The van der Waals surface area contributed by atoms with Crippen LogP contribution in [-0.4, -0.2) is 40.9 Å². The highest BCUT2D eigenvalue weighted by molar-refractivity contribution is 9.10. The summed E-state index contributed by atoms with van der Waals surface area (Å²) in [6, 6.07) is 0.586. The van der Waals surface area contributed by atoms with E-state index >= 15 is 0 Å². The topological polar surface area (TPSA) is 50.2 Å². The van der Waals surface area contributed by atoms with Crippen LogP contribution in [0.1, 0.15) is 40.0 Å². The van der Waals surface area contributed by atoms with Gasteiger partial charge in [-0.05, 0) is 62.6 Å². The fraction of sp³-hybridized carbons (Fsp3) is 0.733. The van der Waals surface area contributed by atoms with Gasteiger partial charge < -0.3 is 10.2 Å². The fourth-order valence-electron chi connectivity index (χ4n) is 1.93. The number of hydrogen-bond donors (Lipinski definition) is 1. The summed E-state index contributed by atoms with van der Waals surface area (Å²) in [4.78, 5) is 14.4. The maximum atomic E-state index is 12.0. The minimum Gasteiger partial charge on any atom is -0.383 e. The molecule has 0 aromatic carbocycles. The number of rotatable bonds is 9. The Kier molecular flexibility index (Phi) is 7.96. The molecule has 0 fully saturated rings. The number of nitrogens with zero attached hydrogens (tertiary/aromatic N) is 3. The Morgan fingerprint density at radius 1 is 1.43 bits per heavy atom. The number of nitrogens with one attached hydrogen (secondary N) is 1. The Morgan fingerprint density at radius 2 is 2.14 bits per heavy atom. The molecule has 1 rings (SSSR count). The third-order valence-corrected chi connectivity index (χ3v) is 4.32. The quantitative estimate of drug-likeness (QED) is 0.689. The van der Waals surface area contributed by atoms with E-state index in [2.05, 4.69) is 52.1 Å². The van der Waals surface area contributed by atoms with E-state index in [0.717, 1.165) is 38.0 Å². The van der Waals surface area contributed by atoms with E-state index in [1.54, 1.807) is 6.20 Å². The molecule has 1 aromatic rings. The second kappa shape index (κ2) is 9.20. The molecule has 0 saturated heterocycles. The molecule has 1 N–H and O–H groups in total. The Hall–Kier alpha value is -0.880. The molecule has 0 atom stereocenters. The SMILES string of the molecule is CCCn1ncc(NCCCCN(C)C(C)C)c(Br)c1=O. The van der Waals surface area contributed by atoms with Crippen molar-refractivity contribution in [1.82, 2.24) is 14.7 Å². The van der Waals surface area contributed by atoms with Gasteiger partial charge in [0, 0.05) is 19.1 Å². The highest BCUT2D eigenvalue weighted by Gasteiger charge is 2.08. The highest BCUT2D eigenvalue weighted by atomic mass is 79.9. The van der Waals surface area contributed by atoms with E-state index in [9.17, 15) is 4.79 Å². The Morgan fingerprint density at radius 3 is 2.76 bits per heavy atom. The molecule has 0 bridgehead atoms. The molecule has 21 heavy (non-hydrogen) atoms. The summed E-state index contributed by atoms with van der Waals surface area (Å²) in [5, 5.41) is 7.47. The van der Waals surface area contributed by atoms with Crippen LogP contribution in [0.5, 0.6) is 0 Å². The summed E-state index contributed by atoms with van der Waals surface area (Å²) in [5.74, 6) is 0. The van der Waals surface area contributed by atoms with Gasteiger partial charge in [-0.1, -0.05) is 6.92 Å². The standard InChI is InChI=1S/C15H27BrN4O/c1-5-9-20-15(21)14(16)13(11-18-20)17-8-6-7-10-19(4)12(2)3/h11-12,17H,5-10H2,1-4H3.